The Hall–Kier alpha value is -0.850. The number of hydrogen-bond acceptors (Lipinski definition) is 1. The van der Waals surface area contributed by atoms with Gasteiger partial charge >= 0.3 is 120 Å². The molecule has 1 aliphatic heterocycles. The number of rotatable bonds is 1. The normalized spacial score (nSPS) is 31.5. The maximum absolute atomic E-state index is 14.0. The molecule has 1 heterocycles. The Bertz CT molecular complexity index is 611. The zero-order valence-corrected chi connectivity index (χ0v) is 13.9. The third kappa shape index (κ3) is 1.63. The van der Waals surface area contributed by atoms with Gasteiger partial charge in [-0.3, -0.25) is 0 Å². The van der Waals surface area contributed by atoms with Crippen molar-refractivity contribution in [1.29, 1.82) is 0 Å². The van der Waals surface area contributed by atoms with E-state index in [4.69, 9.17) is 0 Å². The van der Waals surface area contributed by atoms with E-state index in [9.17, 15) is 3.47 Å². The Balaban J connectivity index is 2.31. The van der Waals surface area contributed by atoms with Crippen molar-refractivity contribution < 1.29 is 6.20 Å². The first-order chi connectivity index (χ1) is 8.99. The van der Waals surface area contributed by atoms with Gasteiger partial charge in [0.2, 0.25) is 0 Å². The predicted octanol–water partition coefficient (Wildman–Crippen LogP) is 0.754. The van der Waals surface area contributed by atoms with Gasteiger partial charge in [0.05, 0.1) is 0 Å². The molecule has 0 saturated heterocycles. The molecule has 3 heteroatoms. The SMILES string of the molecule is C[C@@H]1c2ccccc2[Te]([O-])(c2ccccc2)[N+]1(C)C. The summed E-state index contributed by atoms with van der Waals surface area (Å²) in [6, 6.07) is 18.6. The molecule has 0 fully saturated rings. The summed E-state index contributed by atoms with van der Waals surface area (Å²) in [6.07, 6.45) is 0. The fourth-order valence-corrected chi connectivity index (χ4v) is 12.1. The van der Waals surface area contributed by atoms with Gasteiger partial charge in [0.15, 0.2) is 0 Å². The topological polar surface area (TPSA) is 23.1 Å². The molecular weight excluding hydrogens is 350 g/mol. The quantitative estimate of drug-likeness (QED) is 0.681. The number of benzene rings is 2. The Morgan fingerprint density at radius 2 is 1.53 bits per heavy atom. The maximum atomic E-state index is 14.0. The van der Waals surface area contributed by atoms with Crippen LogP contribution in [-0.2, 0) is 0 Å². The van der Waals surface area contributed by atoms with Gasteiger partial charge in [-0.1, -0.05) is 0 Å². The fourth-order valence-electron chi connectivity index (χ4n) is 2.89. The zero-order chi connectivity index (χ0) is 13.7. The van der Waals surface area contributed by atoms with E-state index in [1.165, 1.54) is 5.56 Å². The van der Waals surface area contributed by atoms with E-state index in [-0.39, 0.29) is 6.04 Å². The van der Waals surface area contributed by atoms with Gasteiger partial charge < -0.3 is 0 Å². The van der Waals surface area contributed by atoms with Gasteiger partial charge in [-0.2, -0.15) is 0 Å². The summed E-state index contributed by atoms with van der Waals surface area (Å²) in [5, 5.41) is 0. The molecule has 2 aromatic carbocycles. The standard InChI is InChI=1S/C16H19NOTe/c1-13-15-11-7-8-12-16(15)19(18,17(13,2)3)14-9-5-4-6-10-14/h4-13H,1-3H3/t13-/m1/s1. The molecular formula is C16H19NOTe. The second kappa shape index (κ2) is 4.33. The van der Waals surface area contributed by atoms with Crippen molar-refractivity contribution in [2.24, 2.45) is 0 Å². The van der Waals surface area contributed by atoms with Crippen molar-refractivity contribution in [3.8, 4) is 0 Å². The van der Waals surface area contributed by atoms with E-state index in [2.05, 4.69) is 39.2 Å². The Labute approximate surface area is 119 Å². The van der Waals surface area contributed by atoms with Crippen LogP contribution in [0.15, 0.2) is 54.6 Å². The van der Waals surface area contributed by atoms with Crippen LogP contribution >= 0.6 is 0 Å². The third-order valence-electron chi connectivity index (χ3n) is 4.33. The van der Waals surface area contributed by atoms with Crippen molar-refractivity contribution in [3.63, 3.8) is 0 Å². The molecule has 0 N–H and O–H groups in total. The summed E-state index contributed by atoms with van der Waals surface area (Å²) in [7, 11) is 4.23. The van der Waals surface area contributed by atoms with Gasteiger partial charge in [-0.15, -0.1) is 0 Å². The molecule has 1 aliphatic rings. The minimum atomic E-state index is -3.63. The molecule has 0 aromatic heterocycles. The second-order valence-corrected chi connectivity index (χ2v) is 13.8. The van der Waals surface area contributed by atoms with E-state index in [0.717, 1.165) is 7.22 Å². The van der Waals surface area contributed by atoms with Crippen molar-refractivity contribution >= 4 is 26.1 Å². The molecule has 0 aliphatic carbocycles. The monoisotopic (exact) mass is 371 g/mol. The van der Waals surface area contributed by atoms with Crippen molar-refractivity contribution in [3.05, 3.63) is 60.2 Å². The van der Waals surface area contributed by atoms with Crippen LogP contribution in [0.1, 0.15) is 18.5 Å². The first kappa shape index (κ1) is 13.1. The fraction of sp³-hybridized carbons (Fsp3) is 0.250. The summed E-state index contributed by atoms with van der Waals surface area (Å²) >= 11 is -3.63. The van der Waals surface area contributed by atoms with Crippen molar-refractivity contribution in [2.75, 3.05) is 14.1 Å². The molecule has 19 heavy (non-hydrogen) atoms. The molecule has 1 unspecified atom stereocenters. The van der Waals surface area contributed by atoms with Crippen LogP contribution in [0.5, 0.6) is 0 Å². The first-order valence-corrected chi connectivity index (χ1v) is 10.8. The Morgan fingerprint density at radius 1 is 0.947 bits per heavy atom. The number of hydrogen-bond donors (Lipinski definition) is 0. The molecule has 0 bridgehead atoms. The van der Waals surface area contributed by atoms with Gasteiger partial charge in [-0.05, 0) is 0 Å². The van der Waals surface area contributed by atoms with Crippen LogP contribution in [0.2, 0.25) is 0 Å². The molecule has 100 valence electrons. The summed E-state index contributed by atoms with van der Waals surface area (Å²) in [4.78, 5) is 0. The minimum absolute atomic E-state index is 0.287. The average molecular weight is 369 g/mol. The summed E-state index contributed by atoms with van der Waals surface area (Å²) in [6.45, 7) is 2.19. The Morgan fingerprint density at radius 3 is 2.21 bits per heavy atom. The summed E-state index contributed by atoms with van der Waals surface area (Å²) in [5.41, 5.74) is 1.26. The molecule has 0 saturated carbocycles. The van der Waals surface area contributed by atoms with Gasteiger partial charge in [0.1, 0.15) is 0 Å². The third-order valence-corrected chi connectivity index (χ3v) is 14.4. The van der Waals surface area contributed by atoms with E-state index in [1.54, 1.807) is 0 Å². The van der Waals surface area contributed by atoms with Gasteiger partial charge in [-0.25, -0.2) is 0 Å². The molecule has 2 atom stereocenters. The van der Waals surface area contributed by atoms with E-state index < -0.39 is 18.9 Å². The van der Waals surface area contributed by atoms with Crippen LogP contribution < -0.4 is 10.7 Å². The number of quaternary nitrogens is 1. The number of nitrogens with zero attached hydrogens (tertiary/aromatic N) is 1. The molecule has 3 rings (SSSR count). The van der Waals surface area contributed by atoms with E-state index in [0.29, 0.717) is 2.73 Å². The molecule has 0 radical (unpaired) electrons. The van der Waals surface area contributed by atoms with Crippen LogP contribution in [-0.4, -0.2) is 35.7 Å². The van der Waals surface area contributed by atoms with Crippen LogP contribution in [0.25, 0.3) is 0 Å². The molecule has 0 spiro atoms. The van der Waals surface area contributed by atoms with Gasteiger partial charge in [0.25, 0.3) is 0 Å². The van der Waals surface area contributed by atoms with Gasteiger partial charge in [0, 0.05) is 0 Å². The Kier molecular flexibility index (Phi) is 2.99. The summed E-state index contributed by atoms with van der Waals surface area (Å²) < 4.78 is 16.7. The molecule has 0 amide bonds. The summed E-state index contributed by atoms with van der Waals surface area (Å²) in [5.74, 6) is 0. The van der Waals surface area contributed by atoms with Crippen LogP contribution in [0.3, 0.4) is 0 Å². The molecule has 2 aromatic rings. The van der Waals surface area contributed by atoms with Crippen LogP contribution in [0, 0.1) is 0 Å². The number of fused-ring (bicyclic) bond motifs is 1. The van der Waals surface area contributed by atoms with Crippen LogP contribution in [0.4, 0.5) is 0 Å². The second-order valence-electron chi connectivity index (χ2n) is 5.49. The predicted molar refractivity (Wildman–Crippen MR) is 78.4 cm³/mol. The zero-order valence-electron chi connectivity index (χ0n) is 11.5. The van der Waals surface area contributed by atoms with Crippen molar-refractivity contribution in [1.82, 2.24) is 0 Å². The average Bonchev–Trinajstić information content (AvgIpc) is 2.60. The van der Waals surface area contributed by atoms with E-state index >= 15 is 0 Å². The first-order valence-electron chi connectivity index (χ1n) is 6.51. The van der Waals surface area contributed by atoms with E-state index in [1.807, 2.05) is 36.4 Å². The molecule has 2 nitrogen and oxygen atoms in total. The van der Waals surface area contributed by atoms with Crippen molar-refractivity contribution in [2.45, 2.75) is 13.0 Å².